The lowest BCUT2D eigenvalue weighted by atomic mass is 9.95. The van der Waals surface area contributed by atoms with Gasteiger partial charge < -0.3 is 4.74 Å². The third-order valence-electron chi connectivity index (χ3n) is 4.64. The Hall–Kier alpha value is -2.37. The minimum absolute atomic E-state index is 0.905. The number of hydrogen-bond donors (Lipinski definition) is 0. The van der Waals surface area contributed by atoms with Crippen molar-refractivity contribution in [2.45, 2.75) is 6.42 Å². The van der Waals surface area contributed by atoms with Gasteiger partial charge in [0.2, 0.25) is 0 Å². The van der Waals surface area contributed by atoms with Gasteiger partial charge >= 0.3 is 0 Å². The van der Waals surface area contributed by atoms with Gasteiger partial charge in [-0.25, -0.2) is 0 Å². The molecule has 0 N–H and O–H groups in total. The molecular formula is C22H19OP. The molecule has 0 saturated heterocycles. The standard InChI is InChI=1S/C22H19OP/c1-23-21-9-5-4-8-19(21)20-13-11-17-14-16-7-3-2-6-15(16)10-12-18(17)22(20)24/h2-13H,14,24H2,1H3. The van der Waals surface area contributed by atoms with Gasteiger partial charge in [-0.2, -0.15) is 0 Å². The number of methoxy groups -OCH3 is 1. The number of rotatable bonds is 2. The van der Waals surface area contributed by atoms with Crippen molar-refractivity contribution in [3.8, 4) is 16.9 Å². The molecule has 0 fully saturated rings. The van der Waals surface area contributed by atoms with Crippen LogP contribution in [0.5, 0.6) is 5.75 Å². The molecule has 0 radical (unpaired) electrons. The topological polar surface area (TPSA) is 9.23 Å². The number of para-hydroxylation sites is 1. The highest BCUT2D eigenvalue weighted by Gasteiger charge is 2.15. The summed E-state index contributed by atoms with van der Waals surface area (Å²) in [4.78, 5) is 0. The van der Waals surface area contributed by atoms with Crippen molar-refractivity contribution < 1.29 is 4.74 Å². The molecule has 0 amide bonds. The van der Waals surface area contributed by atoms with E-state index in [0.717, 1.165) is 17.7 Å². The van der Waals surface area contributed by atoms with Crippen LogP contribution in [-0.4, -0.2) is 7.11 Å². The van der Waals surface area contributed by atoms with Crippen molar-refractivity contribution in [3.63, 3.8) is 0 Å². The predicted molar refractivity (Wildman–Crippen MR) is 106 cm³/mol. The second-order valence-electron chi connectivity index (χ2n) is 6.01. The molecule has 3 aromatic carbocycles. The first-order valence-corrected chi connectivity index (χ1v) is 8.66. The second kappa shape index (κ2) is 6.26. The van der Waals surface area contributed by atoms with Gasteiger partial charge in [-0.05, 0) is 45.6 Å². The SMILES string of the molecule is COc1ccccc1-c1ccc2c(c1P)C=Cc1ccccc1C2. The van der Waals surface area contributed by atoms with Gasteiger partial charge in [-0.15, -0.1) is 9.24 Å². The van der Waals surface area contributed by atoms with Crippen molar-refractivity contribution in [3.05, 3.63) is 82.9 Å². The summed E-state index contributed by atoms with van der Waals surface area (Å²) >= 11 is 0. The maximum atomic E-state index is 5.55. The van der Waals surface area contributed by atoms with Gasteiger partial charge in [0, 0.05) is 5.56 Å². The lowest BCUT2D eigenvalue weighted by Gasteiger charge is -2.15. The van der Waals surface area contributed by atoms with Crippen LogP contribution >= 0.6 is 9.24 Å². The third-order valence-corrected chi connectivity index (χ3v) is 5.26. The zero-order valence-electron chi connectivity index (χ0n) is 13.6. The number of benzene rings is 3. The highest BCUT2D eigenvalue weighted by Crippen LogP contribution is 2.33. The van der Waals surface area contributed by atoms with Crippen molar-refractivity contribution in [2.24, 2.45) is 0 Å². The molecule has 0 aromatic heterocycles. The molecule has 1 atom stereocenters. The van der Waals surface area contributed by atoms with E-state index in [0.29, 0.717) is 0 Å². The summed E-state index contributed by atoms with van der Waals surface area (Å²) in [6, 6.07) is 21.2. The van der Waals surface area contributed by atoms with Crippen LogP contribution in [0.1, 0.15) is 22.3 Å². The van der Waals surface area contributed by atoms with E-state index in [2.05, 4.69) is 69.9 Å². The molecular weight excluding hydrogens is 311 g/mol. The molecule has 1 nitrogen and oxygen atoms in total. The molecule has 1 aliphatic carbocycles. The van der Waals surface area contributed by atoms with Gasteiger partial charge in [-0.3, -0.25) is 0 Å². The minimum Gasteiger partial charge on any atom is -0.496 e. The molecule has 3 aromatic rings. The van der Waals surface area contributed by atoms with E-state index in [-0.39, 0.29) is 0 Å². The Morgan fingerprint density at radius 2 is 1.58 bits per heavy atom. The first-order valence-electron chi connectivity index (χ1n) is 8.08. The zero-order valence-corrected chi connectivity index (χ0v) is 14.8. The molecule has 118 valence electrons. The highest BCUT2D eigenvalue weighted by molar-refractivity contribution is 7.28. The Labute approximate surface area is 145 Å². The van der Waals surface area contributed by atoms with Crippen molar-refractivity contribution in [1.82, 2.24) is 0 Å². The van der Waals surface area contributed by atoms with E-state index in [1.54, 1.807) is 7.11 Å². The molecule has 1 aliphatic rings. The lowest BCUT2D eigenvalue weighted by molar-refractivity contribution is 0.416. The van der Waals surface area contributed by atoms with Crippen molar-refractivity contribution in [2.75, 3.05) is 7.11 Å². The van der Waals surface area contributed by atoms with Gasteiger partial charge in [0.15, 0.2) is 0 Å². The van der Waals surface area contributed by atoms with E-state index in [1.165, 1.54) is 33.1 Å². The molecule has 0 aliphatic heterocycles. The van der Waals surface area contributed by atoms with E-state index in [9.17, 15) is 0 Å². The third kappa shape index (κ3) is 2.56. The molecule has 0 heterocycles. The second-order valence-corrected chi connectivity index (χ2v) is 6.59. The fraction of sp³-hybridized carbons (Fsp3) is 0.0909. The molecule has 0 bridgehead atoms. The van der Waals surface area contributed by atoms with Crippen LogP contribution in [0, 0.1) is 0 Å². The Morgan fingerprint density at radius 3 is 2.46 bits per heavy atom. The molecule has 0 saturated carbocycles. The normalized spacial score (nSPS) is 12.2. The quantitative estimate of drug-likeness (QED) is 0.473. The maximum absolute atomic E-state index is 5.55. The molecule has 0 spiro atoms. The number of hydrogen-bond acceptors (Lipinski definition) is 1. The fourth-order valence-electron chi connectivity index (χ4n) is 3.37. The molecule has 1 unspecified atom stereocenters. The van der Waals surface area contributed by atoms with Crippen molar-refractivity contribution in [1.29, 1.82) is 0 Å². The Kier molecular flexibility index (Phi) is 3.96. The van der Waals surface area contributed by atoms with Gasteiger partial charge in [-0.1, -0.05) is 66.7 Å². The average molecular weight is 330 g/mol. The van der Waals surface area contributed by atoms with Gasteiger partial charge in [0.05, 0.1) is 7.11 Å². The summed E-state index contributed by atoms with van der Waals surface area (Å²) in [5, 5.41) is 1.22. The highest BCUT2D eigenvalue weighted by atomic mass is 31.0. The Bertz CT molecular complexity index is 940. The summed E-state index contributed by atoms with van der Waals surface area (Å²) < 4.78 is 5.55. The first kappa shape index (κ1) is 15.2. The monoisotopic (exact) mass is 330 g/mol. The summed E-state index contributed by atoms with van der Waals surface area (Å²) in [6.45, 7) is 0. The Morgan fingerprint density at radius 1 is 0.792 bits per heavy atom. The molecule has 4 rings (SSSR count). The van der Waals surface area contributed by atoms with Crippen LogP contribution in [-0.2, 0) is 6.42 Å². The van der Waals surface area contributed by atoms with Crippen LogP contribution < -0.4 is 10.0 Å². The van der Waals surface area contributed by atoms with E-state index >= 15 is 0 Å². The van der Waals surface area contributed by atoms with E-state index in [4.69, 9.17) is 4.74 Å². The van der Waals surface area contributed by atoms with Crippen LogP contribution in [0.25, 0.3) is 23.3 Å². The maximum Gasteiger partial charge on any atom is 0.126 e. The van der Waals surface area contributed by atoms with E-state index in [1.807, 2.05) is 12.1 Å². The van der Waals surface area contributed by atoms with Gasteiger partial charge in [0.25, 0.3) is 0 Å². The summed E-state index contributed by atoms with van der Waals surface area (Å²) in [6.07, 6.45) is 5.43. The Balaban J connectivity index is 1.88. The largest absolute Gasteiger partial charge is 0.496 e. The van der Waals surface area contributed by atoms with Crippen LogP contribution in [0.3, 0.4) is 0 Å². The zero-order chi connectivity index (χ0) is 16.5. The number of ether oxygens (including phenoxy) is 1. The van der Waals surface area contributed by atoms with Crippen LogP contribution in [0.2, 0.25) is 0 Å². The van der Waals surface area contributed by atoms with Crippen LogP contribution in [0.4, 0.5) is 0 Å². The van der Waals surface area contributed by atoms with Crippen LogP contribution in [0.15, 0.2) is 60.7 Å². The fourth-order valence-corrected chi connectivity index (χ4v) is 3.90. The predicted octanol–water partition coefficient (Wildman–Crippen LogP) is 4.94. The smallest absolute Gasteiger partial charge is 0.126 e. The molecule has 24 heavy (non-hydrogen) atoms. The molecule has 2 heteroatoms. The summed E-state index contributed by atoms with van der Waals surface area (Å²) in [5.74, 6) is 0.905. The summed E-state index contributed by atoms with van der Waals surface area (Å²) in [7, 11) is 4.66. The average Bonchev–Trinajstić information content (AvgIpc) is 2.82. The van der Waals surface area contributed by atoms with E-state index < -0.39 is 0 Å². The van der Waals surface area contributed by atoms with Crippen molar-refractivity contribution >= 4 is 26.7 Å². The lowest BCUT2D eigenvalue weighted by Crippen LogP contribution is -2.07. The first-order chi connectivity index (χ1) is 11.8. The summed E-state index contributed by atoms with van der Waals surface area (Å²) in [5.41, 5.74) is 7.66. The van der Waals surface area contributed by atoms with Gasteiger partial charge in [0.1, 0.15) is 5.75 Å². The minimum atomic E-state index is 0.905. The number of fused-ring (bicyclic) bond motifs is 2.